The van der Waals surface area contributed by atoms with E-state index in [1.165, 1.54) is 25.7 Å². The SMILES string of the molecule is CCCCCCC1OC1Cl. The Morgan fingerprint density at radius 2 is 2.00 bits per heavy atom. The third-order valence-corrected chi connectivity index (χ3v) is 2.25. The number of unbranched alkanes of at least 4 members (excludes halogenated alkanes) is 3. The van der Waals surface area contributed by atoms with Gasteiger partial charge in [0.15, 0.2) is 5.56 Å². The Morgan fingerprint density at radius 1 is 1.30 bits per heavy atom. The third-order valence-electron chi connectivity index (χ3n) is 1.86. The number of rotatable bonds is 5. The van der Waals surface area contributed by atoms with Crippen LogP contribution in [0.1, 0.15) is 39.0 Å². The predicted molar refractivity (Wildman–Crippen MR) is 43.3 cm³/mol. The van der Waals surface area contributed by atoms with Gasteiger partial charge in [-0.05, 0) is 6.42 Å². The fraction of sp³-hybridized carbons (Fsp3) is 1.00. The van der Waals surface area contributed by atoms with Crippen molar-refractivity contribution < 1.29 is 4.74 Å². The minimum atomic E-state index is 0.0432. The summed E-state index contributed by atoms with van der Waals surface area (Å²) in [4.78, 5) is 0. The number of halogens is 1. The van der Waals surface area contributed by atoms with Crippen molar-refractivity contribution in [2.24, 2.45) is 0 Å². The van der Waals surface area contributed by atoms with E-state index in [1.54, 1.807) is 0 Å². The Labute approximate surface area is 67.7 Å². The van der Waals surface area contributed by atoms with Crippen LogP contribution in [-0.2, 0) is 4.74 Å². The van der Waals surface area contributed by atoms with Gasteiger partial charge in [0.1, 0.15) is 0 Å². The largest absolute Gasteiger partial charge is 0.352 e. The van der Waals surface area contributed by atoms with Crippen molar-refractivity contribution in [3.8, 4) is 0 Å². The highest BCUT2D eigenvalue weighted by molar-refractivity contribution is 6.21. The molecule has 2 atom stereocenters. The Balaban J connectivity index is 1.78. The lowest BCUT2D eigenvalue weighted by Crippen LogP contribution is -1.87. The molecule has 0 bridgehead atoms. The first-order valence-corrected chi connectivity index (χ1v) is 4.57. The van der Waals surface area contributed by atoms with E-state index in [4.69, 9.17) is 16.3 Å². The quantitative estimate of drug-likeness (QED) is 0.344. The maximum atomic E-state index is 5.64. The van der Waals surface area contributed by atoms with Gasteiger partial charge in [0.05, 0.1) is 6.10 Å². The highest BCUT2D eigenvalue weighted by Gasteiger charge is 2.35. The number of epoxide rings is 1. The predicted octanol–water partition coefficient (Wildman–Crippen LogP) is 2.92. The van der Waals surface area contributed by atoms with Crippen LogP contribution in [0.5, 0.6) is 0 Å². The molecule has 1 rings (SSSR count). The van der Waals surface area contributed by atoms with Gasteiger partial charge in [0.25, 0.3) is 0 Å². The monoisotopic (exact) mass is 162 g/mol. The summed E-state index contributed by atoms with van der Waals surface area (Å²) in [6, 6.07) is 0. The van der Waals surface area contributed by atoms with Gasteiger partial charge in [-0.3, -0.25) is 0 Å². The molecule has 1 heterocycles. The molecule has 0 aromatic carbocycles. The normalized spacial score (nSPS) is 30.6. The first kappa shape index (κ1) is 8.35. The summed E-state index contributed by atoms with van der Waals surface area (Å²) >= 11 is 5.64. The molecular formula is C8H15ClO. The number of ether oxygens (including phenoxy) is 1. The van der Waals surface area contributed by atoms with Gasteiger partial charge in [-0.1, -0.05) is 44.2 Å². The van der Waals surface area contributed by atoms with Crippen LogP contribution in [0.4, 0.5) is 0 Å². The van der Waals surface area contributed by atoms with Crippen LogP contribution in [0.3, 0.4) is 0 Å². The third kappa shape index (κ3) is 2.89. The van der Waals surface area contributed by atoms with Crippen LogP contribution < -0.4 is 0 Å². The van der Waals surface area contributed by atoms with Crippen molar-refractivity contribution >= 4 is 11.6 Å². The zero-order valence-corrected chi connectivity index (χ0v) is 7.23. The van der Waals surface area contributed by atoms with E-state index in [1.807, 2.05) is 0 Å². The lowest BCUT2D eigenvalue weighted by atomic mass is 10.1. The molecule has 0 aliphatic carbocycles. The average Bonchev–Trinajstić information content (AvgIpc) is 2.60. The molecule has 10 heavy (non-hydrogen) atoms. The second-order valence-corrected chi connectivity index (χ2v) is 3.31. The van der Waals surface area contributed by atoms with E-state index in [-0.39, 0.29) is 5.56 Å². The lowest BCUT2D eigenvalue weighted by molar-refractivity contribution is 0.380. The summed E-state index contributed by atoms with van der Waals surface area (Å²) in [6.07, 6.45) is 6.81. The van der Waals surface area contributed by atoms with Gasteiger partial charge in [-0.25, -0.2) is 0 Å². The van der Waals surface area contributed by atoms with Gasteiger partial charge < -0.3 is 4.74 Å². The van der Waals surface area contributed by atoms with Crippen molar-refractivity contribution in [2.45, 2.75) is 50.7 Å². The van der Waals surface area contributed by atoms with E-state index in [2.05, 4.69) is 6.92 Å². The summed E-state index contributed by atoms with van der Waals surface area (Å²) in [6.45, 7) is 2.22. The smallest absolute Gasteiger partial charge is 0.157 e. The fourth-order valence-electron chi connectivity index (χ4n) is 1.09. The van der Waals surface area contributed by atoms with E-state index in [0.717, 1.165) is 6.42 Å². The molecule has 1 saturated heterocycles. The molecule has 0 N–H and O–H groups in total. The maximum absolute atomic E-state index is 5.64. The molecule has 60 valence electrons. The van der Waals surface area contributed by atoms with Crippen LogP contribution in [0.15, 0.2) is 0 Å². The highest BCUT2D eigenvalue weighted by atomic mass is 35.5. The molecule has 0 aromatic heterocycles. The van der Waals surface area contributed by atoms with Crippen molar-refractivity contribution in [1.82, 2.24) is 0 Å². The lowest BCUT2D eigenvalue weighted by Gasteiger charge is -1.94. The average molecular weight is 163 g/mol. The number of alkyl halides is 1. The van der Waals surface area contributed by atoms with E-state index in [0.29, 0.717) is 6.10 Å². The Kier molecular flexibility index (Phi) is 3.50. The zero-order chi connectivity index (χ0) is 7.40. The summed E-state index contributed by atoms with van der Waals surface area (Å²) in [5.41, 5.74) is 0.0432. The van der Waals surface area contributed by atoms with Gasteiger partial charge in [0.2, 0.25) is 0 Å². The first-order chi connectivity index (χ1) is 4.84. The zero-order valence-electron chi connectivity index (χ0n) is 6.48. The Hall–Kier alpha value is 0.250. The fourth-order valence-corrected chi connectivity index (χ4v) is 1.35. The van der Waals surface area contributed by atoms with Crippen LogP contribution in [-0.4, -0.2) is 11.7 Å². The summed E-state index contributed by atoms with van der Waals surface area (Å²) in [7, 11) is 0. The van der Waals surface area contributed by atoms with Crippen molar-refractivity contribution in [2.75, 3.05) is 0 Å². The van der Waals surface area contributed by atoms with Crippen LogP contribution in [0.25, 0.3) is 0 Å². The number of hydrogen-bond acceptors (Lipinski definition) is 1. The molecule has 2 heteroatoms. The van der Waals surface area contributed by atoms with Gasteiger partial charge in [-0.15, -0.1) is 0 Å². The molecule has 1 fully saturated rings. The van der Waals surface area contributed by atoms with Gasteiger partial charge >= 0.3 is 0 Å². The highest BCUT2D eigenvalue weighted by Crippen LogP contribution is 2.30. The number of hydrogen-bond donors (Lipinski definition) is 0. The van der Waals surface area contributed by atoms with E-state index >= 15 is 0 Å². The van der Waals surface area contributed by atoms with Crippen LogP contribution in [0.2, 0.25) is 0 Å². The second-order valence-electron chi connectivity index (χ2n) is 2.88. The molecule has 0 amide bonds. The van der Waals surface area contributed by atoms with Crippen LogP contribution in [0, 0.1) is 0 Å². The summed E-state index contributed by atoms with van der Waals surface area (Å²) in [5.74, 6) is 0. The Bertz CT molecular complexity index is 95.3. The molecule has 0 aromatic rings. The summed E-state index contributed by atoms with van der Waals surface area (Å²) in [5, 5.41) is 0. The molecule has 1 aliphatic rings. The molecule has 0 spiro atoms. The second kappa shape index (κ2) is 4.20. The first-order valence-electron chi connectivity index (χ1n) is 4.14. The van der Waals surface area contributed by atoms with Crippen molar-refractivity contribution in [3.05, 3.63) is 0 Å². The minimum Gasteiger partial charge on any atom is -0.352 e. The summed E-state index contributed by atoms with van der Waals surface area (Å²) < 4.78 is 5.06. The molecule has 1 nitrogen and oxygen atoms in total. The standard InChI is InChI=1S/C8H15ClO/c1-2-3-4-5-6-7-8(9)10-7/h7-8H,2-6H2,1H3. The van der Waals surface area contributed by atoms with Gasteiger partial charge in [0, 0.05) is 0 Å². The van der Waals surface area contributed by atoms with Gasteiger partial charge in [-0.2, -0.15) is 0 Å². The van der Waals surface area contributed by atoms with E-state index in [9.17, 15) is 0 Å². The molecule has 0 radical (unpaired) electrons. The molecule has 1 aliphatic heterocycles. The minimum absolute atomic E-state index is 0.0432. The molecule has 0 saturated carbocycles. The van der Waals surface area contributed by atoms with E-state index < -0.39 is 0 Å². The molecular weight excluding hydrogens is 148 g/mol. The molecule has 2 unspecified atom stereocenters. The Morgan fingerprint density at radius 3 is 2.50 bits per heavy atom. The van der Waals surface area contributed by atoms with Crippen molar-refractivity contribution in [1.29, 1.82) is 0 Å². The maximum Gasteiger partial charge on any atom is 0.157 e. The topological polar surface area (TPSA) is 12.5 Å². The van der Waals surface area contributed by atoms with Crippen LogP contribution >= 0.6 is 11.6 Å². The van der Waals surface area contributed by atoms with Crippen molar-refractivity contribution in [3.63, 3.8) is 0 Å².